The second kappa shape index (κ2) is 4.73. The molecule has 1 aromatic carbocycles. The van der Waals surface area contributed by atoms with E-state index >= 15 is 0 Å². The molecule has 1 rings (SSSR count). The molecule has 12 heavy (non-hydrogen) atoms. The van der Waals surface area contributed by atoms with E-state index in [4.69, 9.17) is 11.3 Å². The van der Waals surface area contributed by atoms with Crippen molar-refractivity contribution in [1.29, 1.82) is 1.28 Å². The first-order valence-corrected chi connectivity index (χ1v) is 3.71. The highest BCUT2D eigenvalue weighted by Crippen LogP contribution is 2.20. The Kier molecular flexibility index (Phi) is 2.98. The molecule has 0 aliphatic heterocycles. The van der Waals surface area contributed by atoms with Crippen molar-refractivity contribution < 1.29 is 4.52 Å². The highest BCUT2D eigenvalue weighted by Gasteiger charge is 2.05. The Morgan fingerprint density at radius 3 is 2.92 bits per heavy atom. The number of benzene rings is 1. The molecular formula is C7H8N3OP. The van der Waals surface area contributed by atoms with E-state index in [0.717, 1.165) is 5.56 Å². The molecule has 5 heteroatoms. The van der Waals surface area contributed by atoms with Gasteiger partial charge in [-0.05, 0) is 11.1 Å². The summed E-state index contributed by atoms with van der Waals surface area (Å²) in [6.45, 7) is 0. The quantitative estimate of drug-likeness (QED) is 0.306. The van der Waals surface area contributed by atoms with E-state index in [1.54, 1.807) is 12.1 Å². The van der Waals surface area contributed by atoms with Crippen molar-refractivity contribution in [2.45, 2.75) is 6.23 Å². The number of hydrogen-bond donors (Lipinski definition) is 0. The number of hydrogen-bond acceptors (Lipinski definition) is 2. The molecule has 0 N–H and O–H groups in total. The minimum atomic E-state index is -0.679. The van der Waals surface area contributed by atoms with Crippen LogP contribution < -0.4 is 0 Å². The lowest BCUT2D eigenvalue weighted by Gasteiger charge is -2.07. The Labute approximate surface area is 73.7 Å². The van der Waals surface area contributed by atoms with Gasteiger partial charge in [-0.3, -0.25) is 0 Å². The third-order valence-electron chi connectivity index (χ3n) is 1.35. The zero-order chi connectivity index (χ0) is 9.52. The first-order valence-electron chi connectivity index (χ1n) is 3.80. The van der Waals surface area contributed by atoms with Gasteiger partial charge in [0, 0.05) is 14.3 Å². The fourth-order valence-corrected chi connectivity index (χ4v) is 1.01. The van der Waals surface area contributed by atoms with Crippen molar-refractivity contribution in [2.75, 3.05) is 0 Å². The third-order valence-corrected chi connectivity index (χ3v) is 1.58. The standard InChI is InChI=1S/C7H8N3OP/c8-10-9-7(11-12)6-4-2-1-3-5-6/h1-5,7H,12H2/i12T. The fourth-order valence-electron chi connectivity index (χ4n) is 0.823. The average molecular weight is 183 g/mol. The van der Waals surface area contributed by atoms with E-state index in [9.17, 15) is 0 Å². The summed E-state index contributed by atoms with van der Waals surface area (Å²) in [5, 5.41) is 3.43. The summed E-state index contributed by atoms with van der Waals surface area (Å²) in [4.78, 5) is 2.65. The number of nitrogens with zero attached hydrogens (tertiary/aromatic N) is 3. The molecule has 0 saturated carbocycles. The van der Waals surface area contributed by atoms with Crippen molar-refractivity contribution in [3.8, 4) is 0 Å². The molecule has 0 amide bonds. The molecule has 0 aliphatic rings. The van der Waals surface area contributed by atoms with E-state index in [0.29, 0.717) is 0 Å². The first kappa shape index (κ1) is 7.56. The van der Waals surface area contributed by atoms with Gasteiger partial charge in [0.15, 0.2) is 6.23 Å². The maximum Gasteiger partial charge on any atom is 0.165 e. The van der Waals surface area contributed by atoms with Gasteiger partial charge in [0.25, 0.3) is 0 Å². The van der Waals surface area contributed by atoms with Crippen LogP contribution in [0.15, 0.2) is 35.4 Å². The minimum absolute atomic E-state index is 0.441. The molecule has 0 spiro atoms. The monoisotopic (exact) mass is 183 g/mol. The molecule has 0 bridgehead atoms. The predicted molar refractivity (Wildman–Crippen MR) is 49.1 cm³/mol. The molecule has 0 saturated heterocycles. The van der Waals surface area contributed by atoms with E-state index in [2.05, 4.69) is 10.0 Å². The molecule has 1 aromatic rings. The van der Waals surface area contributed by atoms with Gasteiger partial charge in [0.1, 0.15) is 0 Å². The maximum absolute atomic E-state index is 8.24. The zero-order valence-electron chi connectivity index (χ0n) is 7.21. The molecule has 2 atom stereocenters. The minimum Gasteiger partial charge on any atom is -0.352 e. The summed E-state index contributed by atoms with van der Waals surface area (Å²) >= 11 is 0. The van der Waals surface area contributed by atoms with Gasteiger partial charge in [-0.15, -0.1) is 0 Å². The molecule has 0 heterocycles. The van der Waals surface area contributed by atoms with E-state index < -0.39 is 15.6 Å². The molecular weight excluding hydrogens is 173 g/mol. The van der Waals surface area contributed by atoms with E-state index in [1.807, 2.05) is 18.2 Å². The summed E-state index contributed by atoms with van der Waals surface area (Å²) < 4.78 is 11.8. The van der Waals surface area contributed by atoms with Crippen LogP contribution in [0.1, 0.15) is 11.8 Å². The smallest absolute Gasteiger partial charge is 0.165 e. The predicted octanol–water partition coefficient (Wildman–Crippen LogP) is 2.80. The highest BCUT2D eigenvalue weighted by molar-refractivity contribution is 7.09. The summed E-state index contributed by atoms with van der Waals surface area (Å²) in [5.41, 5.74) is 9.01. The second-order valence-electron chi connectivity index (χ2n) is 2.09. The highest BCUT2D eigenvalue weighted by atomic mass is 31.0. The van der Waals surface area contributed by atoms with Crippen LogP contribution in [0.2, 0.25) is 0 Å². The lowest BCUT2D eigenvalue weighted by atomic mass is 10.2. The topological polar surface area (TPSA) is 58.0 Å². The first-order chi connectivity index (χ1) is 6.38. The maximum atomic E-state index is 8.24. The largest absolute Gasteiger partial charge is 0.352 e. The summed E-state index contributed by atoms with van der Waals surface area (Å²) in [6.07, 6.45) is -0.679. The molecule has 2 unspecified atom stereocenters. The Morgan fingerprint density at radius 1 is 1.58 bits per heavy atom. The summed E-state index contributed by atoms with van der Waals surface area (Å²) in [6, 6.07) is 9.09. The molecule has 62 valence electrons. The molecule has 0 aliphatic carbocycles. The van der Waals surface area contributed by atoms with Crippen LogP contribution in [0.3, 0.4) is 0 Å². The van der Waals surface area contributed by atoms with Crippen LogP contribution in [0.25, 0.3) is 10.4 Å². The van der Waals surface area contributed by atoms with Crippen molar-refractivity contribution in [3.63, 3.8) is 0 Å². The third kappa shape index (κ3) is 2.21. The Bertz CT molecular complexity index is 302. The molecule has 0 aromatic heterocycles. The Hall–Kier alpha value is -1.08. The SMILES string of the molecule is [3H]POC(N=[N+]=[N-])c1ccccc1. The van der Waals surface area contributed by atoms with Crippen molar-refractivity contribution in [3.05, 3.63) is 46.3 Å². The van der Waals surface area contributed by atoms with Crippen molar-refractivity contribution in [2.24, 2.45) is 5.11 Å². The lowest BCUT2D eigenvalue weighted by Crippen LogP contribution is -1.91. The van der Waals surface area contributed by atoms with Gasteiger partial charge >= 0.3 is 0 Å². The summed E-state index contributed by atoms with van der Waals surface area (Å²) in [7, 11) is -0.441. The van der Waals surface area contributed by atoms with Crippen LogP contribution in [0.4, 0.5) is 0 Å². The van der Waals surface area contributed by atoms with Gasteiger partial charge in [-0.1, -0.05) is 35.4 Å². The second-order valence-corrected chi connectivity index (χ2v) is 2.32. The van der Waals surface area contributed by atoms with Crippen molar-refractivity contribution in [1.82, 2.24) is 0 Å². The van der Waals surface area contributed by atoms with Crippen LogP contribution in [0.5, 0.6) is 0 Å². The fraction of sp³-hybridized carbons (Fsp3) is 0.143. The van der Waals surface area contributed by atoms with Gasteiger partial charge < -0.3 is 4.52 Å². The van der Waals surface area contributed by atoms with Crippen LogP contribution >= 0.6 is 9.41 Å². The van der Waals surface area contributed by atoms with Crippen LogP contribution in [0, 0.1) is 0 Å². The zero-order valence-corrected chi connectivity index (χ0v) is 7.21. The number of rotatable bonds is 4. The molecule has 0 fully saturated rings. The van der Waals surface area contributed by atoms with Gasteiger partial charge in [0.05, 0.1) is 1.28 Å². The van der Waals surface area contributed by atoms with E-state index in [-0.39, 0.29) is 0 Å². The van der Waals surface area contributed by atoms with Crippen LogP contribution in [-0.2, 0) is 4.52 Å². The van der Waals surface area contributed by atoms with Crippen LogP contribution in [-0.4, -0.2) is 1.28 Å². The average Bonchev–Trinajstić information content (AvgIpc) is 2.19. The Morgan fingerprint density at radius 2 is 2.33 bits per heavy atom. The van der Waals surface area contributed by atoms with Gasteiger partial charge in [-0.25, -0.2) is 0 Å². The van der Waals surface area contributed by atoms with Gasteiger partial charge in [0.2, 0.25) is 0 Å². The molecule has 0 radical (unpaired) electrons. The van der Waals surface area contributed by atoms with E-state index in [1.165, 1.54) is 0 Å². The lowest BCUT2D eigenvalue weighted by molar-refractivity contribution is 0.255. The van der Waals surface area contributed by atoms with Crippen molar-refractivity contribution >= 4 is 9.41 Å². The molecule has 4 nitrogen and oxygen atoms in total. The normalized spacial score (nSPS) is 13.8. The Balaban J connectivity index is 2.81. The number of azide groups is 1. The van der Waals surface area contributed by atoms with Gasteiger partial charge in [-0.2, -0.15) is 0 Å². The summed E-state index contributed by atoms with van der Waals surface area (Å²) in [5.74, 6) is 0.